The van der Waals surface area contributed by atoms with E-state index in [-0.39, 0.29) is 28.7 Å². The molecule has 0 unspecified atom stereocenters. The molecule has 0 radical (unpaired) electrons. The molecule has 0 aromatic heterocycles. The van der Waals surface area contributed by atoms with Gasteiger partial charge in [0, 0.05) is 12.5 Å². The van der Waals surface area contributed by atoms with Gasteiger partial charge >= 0.3 is 5.97 Å². The van der Waals surface area contributed by atoms with Crippen molar-refractivity contribution in [3.05, 3.63) is 67.8 Å². The molecule has 29 heavy (non-hydrogen) atoms. The van der Waals surface area contributed by atoms with Gasteiger partial charge in [0.25, 0.3) is 11.4 Å². The third-order valence-electron chi connectivity index (χ3n) is 4.02. The second-order valence-electron chi connectivity index (χ2n) is 6.08. The van der Waals surface area contributed by atoms with Crippen molar-refractivity contribution in [2.45, 2.75) is 26.2 Å². The maximum atomic E-state index is 11.8. The van der Waals surface area contributed by atoms with Gasteiger partial charge in [0.05, 0.1) is 28.6 Å². The van der Waals surface area contributed by atoms with E-state index in [4.69, 9.17) is 9.47 Å². The summed E-state index contributed by atoms with van der Waals surface area (Å²) in [5.74, 6) is 0.275. The van der Waals surface area contributed by atoms with E-state index < -0.39 is 9.85 Å². The van der Waals surface area contributed by atoms with Crippen molar-refractivity contribution < 1.29 is 24.1 Å². The number of hydrogen-bond acceptors (Lipinski definition) is 7. The number of carbonyl (C=O) groups is 1. The summed E-state index contributed by atoms with van der Waals surface area (Å²) in [6.45, 7) is 1.98. The van der Waals surface area contributed by atoms with Gasteiger partial charge in [-0.1, -0.05) is 25.5 Å². The molecule has 0 spiro atoms. The van der Waals surface area contributed by atoms with E-state index in [1.807, 2.05) is 6.92 Å². The Balaban J connectivity index is 2.26. The zero-order valence-corrected chi connectivity index (χ0v) is 16.0. The van der Waals surface area contributed by atoms with Crippen molar-refractivity contribution >= 4 is 29.5 Å². The monoisotopic (exact) mass is 400 g/mol. The minimum Gasteiger partial charge on any atom is -0.493 e. The van der Waals surface area contributed by atoms with Gasteiger partial charge in [0.2, 0.25) is 0 Å². The fourth-order valence-electron chi connectivity index (χ4n) is 2.50. The summed E-state index contributed by atoms with van der Waals surface area (Å²) in [6, 6.07) is 8.29. The maximum absolute atomic E-state index is 11.8. The summed E-state index contributed by atoms with van der Waals surface area (Å²) >= 11 is 0. The predicted octanol–water partition coefficient (Wildman–Crippen LogP) is 4.78. The lowest BCUT2D eigenvalue weighted by molar-refractivity contribution is -0.394. The number of non-ortho nitro benzene ring substituents is 1. The highest BCUT2D eigenvalue weighted by atomic mass is 16.6. The van der Waals surface area contributed by atoms with Crippen LogP contribution in [0.4, 0.5) is 11.4 Å². The minimum absolute atomic E-state index is 0.217. The van der Waals surface area contributed by atoms with Crippen molar-refractivity contribution in [2.24, 2.45) is 0 Å². The van der Waals surface area contributed by atoms with Gasteiger partial charge in [0.1, 0.15) is 0 Å². The Hall–Kier alpha value is -3.75. The standard InChI is InChI=1S/C20H20N2O7/c1-3-4-5-20(23)29-18-11-7-14(12-19(18)28-2)6-8-15-9-10-16(21(24)25)13-17(15)22(26)27/h6-13H,3-5H2,1-2H3. The lowest BCUT2D eigenvalue weighted by Crippen LogP contribution is -2.08. The van der Waals surface area contributed by atoms with Crippen LogP contribution in [0.1, 0.15) is 37.3 Å². The first kappa shape index (κ1) is 21.5. The number of esters is 1. The van der Waals surface area contributed by atoms with Crippen molar-refractivity contribution in [1.29, 1.82) is 0 Å². The zero-order chi connectivity index (χ0) is 21.4. The highest BCUT2D eigenvalue weighted by molar-refractivity contribution is 5.77. The van der Waals surface area contributed by atoms with Crippen LogP contribution in [-0.2, 0) is 4.79 Å². The molecule has 2 rings (SSSR count). The summed E-state index contributed by atoms with van der Waals surface area (Å²) in [5, 5.41) is 22.0. The third-order valence-corrected chi connectivity index (χ3v) is 4.02. The van der Waals surface area contributed by atoms with E-state index in [0.29, 0.717) is 17.7 Å². The summed E-state index contributed by atoms with van der Waals surface area (Å²) < 4.78 is 10.6. The first-order chi connectivity index (χ1) is 13.8. The fraction of sp³-hybridized carbons (Fsp3) is 0.250. The van der Waals surface area contributed by atoms with Crippen molar-refractivity contribution in [3.8, 4) is 11.5 Å². The van der Waals surface area contributed by atoms with Crippen LogP contribution in [0, 0.1) is 20.2 Å². The molecule has 9 heteroatoms. The highest BCUT2D eigenvalue weighted by Crippen LogP contribution is 2.30. The van der Waals surface area contributed by atoms with Gasteiger partial charge in [-0.2, -0.15) is 0 Å². The Labute approximate surface area is 166 Å². The number of rotatable bonds is 9. The SMILES string of the molecule is CCCCC(=O)Oc1ccc(C=Cc2ccc([N+](=O)[O-])cc2[N+](=O)[O-])cc1OC. The van der Waals surface area contributed by atoms with Gasteiger partial charge in [-0.15, -0.1) is 0 Å². The van der Waals surface area contributed by atoms with Crippen LogP contribution in [0.5, 0.6) is 11.5 Å². The molecule has 0 fully saturated rings. The zero-order valence-electron chi connectivity index (χ0n) is 16.0. The number of nitrogens with zero attached hydrogens (tertiary/aromatic N) is 2. The molecule has 0 N–H and O–H groups in total. The van der Waals surface area contributed by atoms with Crippen LogP contribution in [0.15, 0.2) is 36.4 Å². The molecular weight excluding hydrogens is 380 g/mol. The van der Waals surface area contributed by atoms with Crippen LogP contribution in [0.25, 0.3) is 12.2 Å². The number of nitro groups is 2. The average molecular weight is 400 g/mol. The number of unbranched alkanes of at least 4 members (excludes halogenated alkanes) is 1. The summed E-state index contributed by atoms with van der Waals surface area (Å²) in [5.41, 5.74) is 0.131. The molecule has 0 aliphatic carbocycles. The maximum Gasteiger partial charge on any atom is 0.311 e. The molecular formula is C20H20N2O7. The van der Waals surface area contributed by atoms with Crippen molar-refractivity contribution in [2.75, 3.05) is 7.11 Å². The van der Waals surface area contributed by atoms with E-state index >= 15 is 0 Å². The van der Waals surface area contributed by atoms with Gasteiger partial charge in [0.15, 0.2) is 11.5 Å². The number of benzene rings is 2. The van der Waals surface area contributed by atoms with Crippen molar-refractivity contribution in [1.82, 2.24) is 0 Å². The smallest absolute Gasteiger partial charge is 0.311 e. The molecule has 0 aliphatic rings. The lowest BCUT2D eigenvalue weighted by atomic mass is 10.1. The number of hydrogen-bond donors (Lipinski definition) is 0. The largest absolute Gasteiger partial charge is 0.493 e. The molecule has 0 amide bonds. The predicted molar refractivity (Wildman–Crippen MR) is 107 cm³/mol. The van der Waals surface area contributed by atoms with Gasteiger partial charge in [-0.3, -0.25) is 25.0 Å². The first-order valence-corrected chi connectivity index (χ1v) is 8.85. The number of ether oxygens (including phenoxy) is 2. The van der Waals surface area contributed by atoms with Gasteiger partial charge in [-0.05, 0) is 36.3 Å². The second-order valence-corrected chi connectivity index (χ2v) is 6.08. The molecule has 0 saturated heterocycles. The average Bonchev–Trinajstić information content (AvgIpc) is 2.71. The normalized spacial score (nSPS) is 10.7. The van der Waals surface area contributed by atoms with E-state index in [0.717, 1.165) is 18.9 Å². The molecule has 0 heterocycles. The summed E-state index contributed by atoms with van der Waals surface area (Å²) in [4.78, 5) is 32.5. The van der Waals surface area contributed by atoms with E-state index in [2.05, 4.69) is 0 Å². The number of carbonyl (C=O) groups excluding carboxylic acids is 1. The third kappa shape index (κ3) is 5.86. The van der Waals surface area contributed by atoms with Crippen LogP contribution >= 0.6 is 0 Å². The molecule has 0 aliphatic heterocycles. The Morgan fingerprint density at radius 1 is 1.03 bits per heavy atom. The Morgan fingerprint density at radius 3 is 2.41 bits per heavy atom. The summed E-state index contributed by atoms with van der Waals surface area (Å²) in [6.07, 6.45) is 4.99. The molecule has 9 nitrogen and oxygen atoms in total. The Kier molecular flexibility index (Phi) is 7.41. The lowest BCUT2D eigenvalue weighted by Gasteiger charge is -2.10. The van der Waals surface area contributed by atoms with E-state index in [9.17, 15) is 25.0 Å². The number of methoxy groups -OCH3 is 1. The molecule has 0 bridgehead atoms. The number of nitro benzene ring substituents is 2. The van der Waals surface area contributed by atoms with Crippen LogP contribution in [0.3, 0.4) is 0 Å². The molecule has 152 valence electrons. The fourth-order valence-corrected chi connectivity index (χ4v) is 2.50. The van der Waals surface area contributed by atoms with E-state index in [1.165, 1.54) is 25.3 Å². The molecule has 0 atom stereocenters. The second kappa shape index (κ2) is 9.98. The minimum atomic E-state index is -0.689. The van der Waals surface area contributed by atoms with Gasteiger partial charge in [-0.25, -0.2) is 0 Å². The molecule has 0 saturated carbocycles. The first-order valence-electron chi connectivity index (χ1n) is 8.85. The van der Waals surface area contributed by atoms with Crippen LogP contribution in [-0.4, -0.2) is 22.9 Å². The highest BCUT2D eigenvalue weighted by Gasteiger charge is 2.17. The molecule has 2 aromatic carbocycles. The van der Waals surface area contributed by atoms with Crippen molar-refractivity contribution in [3.63, 3.8) is 0 Å². The quantitative estimate of drug-likeness (QED) is 0.195. The van der Waals surface area contributed by atoms with E-state index in [1.54, 1.807) is 24.3 Å². The Bertz CT molecular complexity index is 954. The van der Waals surface area contributed by atoms with Gasteiger partial charge < -0.3 is 9.47 Å². The van der Waals surface area contributed by atoms with Crippen LogP contribution in [0.2, 0.25) is 0 Å². The summed E-state index contributed by atoms with van der Waals surface area (Å²) in [7, 11) is 1.44. The Morgan fingerprint density at radius 2 is 1.79 bits per heavy atom. The molecule has 2 aromatic rings. The topological polar surface area (TPSA) is 122 Å². The van der Waals surface area contributed by atoms with Crippen LogP contribution < -0.4 is 9.47 Å².